The Bertz CT molecular complexity index is 1560. The number of methoxy groups -OCH3 is 2. The fourth-order valence-corrected chi connectivity index (χ4v) is 4.79. The SMILES string of the molecule is COCC1CN(c2cc(-c3cnccc3C#N)ccc2CC(=O)c2ccnc(-c3c(F)cccc3OC)n2)C1. The standard InChI is InChI=1S/C30H26FN5O3/c1-38-18-19-16-36(17-19)26-12-20(23-15-33-10-8-22(23)14-32)6-7-21(26)13-27(37)25-9-11-34-30(35-25)29-24(31)4-3-5-28(29)39-2/h3-12,15,19H,13,16-18H2,1-2H3. The summed E-state index contributed by atoms with van der Waals surface area (Å²) in [6, 6.07) is 15.7. The maximum absolute atomic E-state index is 14.6. The molecule has 39 heavy (non-hydrogen) atoms. The molecule has 2 aromatic heterocycles. The van der Waals surface area contributed by atoms with E-state index in [4.69, 9.17) is 9.47 Å². The molecule has 1 aliphatic rings. The third-order valence-electron chi connectivity index (χ3n) is 6.75. The summed E-state index contributed by atoms with van der Waals surface area (Å²) in [5, 5.41) is 9.57. The van der Waals surface area contributed by atoms with Gasteiger partial charge in [0.15, 0.2) is 11.6 Å². The molecule has 0 unspecified atom stereocenters. The second-order valence-electron chi connectivity index (χ2n) is 9.29. The van der Waals surface area contributed by atoms with Gasteiger partial charge in [-0.3, -0.25) is 9.78 Å². The number of ketones is 1. The van der Waals surface area contributed by atoms with Crippen molar-refractivity contribution in [3.05, 3.63) is 89.8 Å². The molecule has 1 saturated heterocycles. The molecular formula is C30H26FN5O3. The van der Waals surface area contributed by atoms with Gasteiger partial charge in [0.05, 0.1) is 30.9 Å². The molecule has 0 atom stereocenters. The first-order valence-corrected chi connectivity index (χ1v) is 12.4. The van der Waals surface area contributed by atoms with Crippen LogP contribution in [0.3, 0.4) is 0 Å². The Morgan fingerprint density at radius 3 is 2.77 bits per heavy atom. The highest BCUT2D eigenvalue weighted by Gasteiger charge is 2.29. The number of anilines is 1. The molecule has 8 nitrogen and oxygen atoms in total. The van der Waals surface area contributed by atoms with Crippen molar-refractivity contribution in [3.8, 4) is 34.3 Å². The molecule has 196 valence electrons. The molecule has 0 N–H and O–H groups in total. The number of benzene rings is 2. The second-order valence-corrected chi connectivity index (χ2v) is 9.29. The van der Waals surface area contributed by atoms with E-state index in [1.807, 2.05) is 18.2 Å². The van der Waals surface area contributed by atoms with Crippen molar-refractivity contribution < 1.29 is 18.7 Å². The van der Waals surface area contributed by atoms with E-state index in [1.54, 1.807) is 31.6 Å². The Balaban J connectivity index is 1.47. The van der Waals surface area contributed by atoms with Crippen LogP contribution in [-0.4, -0.2) is 54.7 Å². The number of ether oxygens (including phenoxy) is 2. The smallest absolute Gasteiger partial charge is 0.185 e. The average Bonchev–Trinajstić information content (AvgIpc) is 2.95. The van der Waals surface area contributed by atoms with Gasteiger partial charge < -0.3 is 14.4 Å². The zero-order chi connectivity index (χ0) is 27.4. The highest BCUT2D eigenvalue weighted by atomic mass is 19.1. The lowest BCUT2D eigenvalue weighted by atomic mass is 9.93. The van der Waals surface area contributed by atoms with Crippen LogP contribution in [0.25, 0.3) is 22.5 Å². The molecule has 2 aromatic carbocycles. The fourth-order valence-electron chi connectivity index (χ4n) is 4.79. The second kappa shape index (κ2) is 11.4. The lowest BCUT2D eigenvalue weighted by Gasteiger charge is -2.42. The van der Waals surface area contributed by atoms with E-state index in [2.05, 4.69) is 25.9 Å². The number of halogens is 1. The molecule has 1 aliphatic heterocycles. The van der Waals surface area contributed by atoms with Gasteiger partial charge in [0, 0.05) is 62.4 Å². The van der Waals surface area contributed by atoms with Gasteiger partial charge in [0.2, 0.25) is 0 Å². The molecule has 1 fully saturated rings. The number of carbonyl (C=O) groups excluding carboxylic acids is 1. The predicted molar refractivity (Wildman–Crippen MR) is 144 cm³/mol. The summed E-state index contributed by atoms with van der Waals surface area (Å²) >= 11 is 0. The number of aromatic nitrogens is 3. The summed E-state index contributed by atoms with van der Waals surface area (Å²) in [6.45, 7) is 2.25. The van der Waals surface area contributed by atoms with Crippen molar-refractivity contribution in [2.24, 2.45) is 5.92 Å². The number of hydrogen-bond donors (Lipinski definition) is 0. The first-order valence-electron chi connectivity index (χ1n) is 12.4. The predicted octanol–water partition coefficient (Wildman–Crippen LogP) is 4.73. The van der Waals surface area contributed by atoms with Crippen LogP contribution in [0.15, 0.2) is 67.1 Å². The fraction of sp³-hybridized carbons (Fsp3) is 0.233. The Labute approximate surface area is 225 Å². The monoisotopic (exact) mass is 523 g/mol. The van der Waals surface area contributed by atoms with Gasteiger partial charge in [-0.1, -0.05) is 18.2 Å². The van der Waals surface area contributed by atoms with Gasteiger partial charge in [0.25, 0.3) is 0 Å². The largest absolute Gasteiger partial charge is 0.496 e. The van der Waals surface area contributed by atoms with Crippen LogP contribution in [0.5, 0.6) is 5.75 Å². The minimum atomic E-state index is -0.535. The van der Waals surface area contributed by atoms with Crippen molar-refractivity contribution in [1.82, 2.24) is 15.0 Å². The first-order chi connectivity index (χ1) is 19.0. The summed E-state index contributed by atoms with van der Waals surface area (Å²) in [6.07, 6.45) is 4.80. The van der Waals surface area contributed by atoms with Gasteiger partial charge in [-0.15, -0.1) is 0 Å². The van der Waals surface area contributed by atoms with Crippen molar-refractivity contribution in [2.45, 2.75) is 6.42 Å². The zero-order valence-corrected chi connectivity index (χ0v) is 21.6. The minimum Gasteiger partial charge on any atom is -0.496 e. The molecule has 5 rings (SSSR count). The van der Waals surface area contributed by atoms with Gasteiger partial charge in [-0.25, -0.2) is 14.4 Å². The highest BCUT2D eigenvalue weighted by molar-refractivity contribution is 5.97. The van der Waals surface area contributed by atoms with Crippen LogP contribution in [0.1, 0.15) is 21.6 Å². The molecule has 4 aromatic rings. The van der Waals surface area contributed by atoms with Crippen molar-refractivity contribution in [1.29, 1.82) is 5.26 Å². The van der Waals surface area contributed by atoms with Gasteiger partial charge in [-0.2, -0.15) is 5.26 Å². The zero-order valence-electron chi connectivity index (χ0n) is 21.6. The Morgan fingerprint density at radius 2 is 2.00 bits per heavy atom. The van der Waals surface area contributed by atoms with E-state index < -0.39 is 5.82 Å². The molecule has 0 bridgehead atoms. The maximum atomic E-state index is 14.6. The van der Waals surface area contributed by atoms with Crippen LogP contribution in [0, 0.1) is 23.1 Å². The first kappa shape index (κ1) is 25.9. The summed E-state index contributed by atoms with van der Waals surface area (Å²) in [7, 11) is 3.13. The number of carbonyl (C=O) groups is 1. The Kier molecular flexibility index (Phi) is 7.57. The summed E-state index contributed by atoms with van der Waals surface area (Å²) in [5.74, 6) is 0.00366. The van der Waals surface area contributed by atoms with E-state index in [0.717, 1.165) is 35.5 Å². The van der Waals surface area contributed by atoms with Crippen molar-refractivity contribution >= 4 is 11.5 Å². The molecule has 0 aliphatic carbocycles. The number of hydrogen-bond acceptors (Lipinski definition) is 8. The highest BCUT2D eigenvalue weighted by Crippen LogP contribution is 2.35. The molecule has 0 spiro atoms. The van der Waals surface area contributed by atoms with Crippen LogP contribution in [0.4, 0.5) is 10.1 Å². The molecule has 0 amide bonds. The van der Waals surface area contributed by atoms with Gasteiger partial charge in [0.1, 0.15) is 17.3 Å². The Morgan fingerprint density at radius 1 is 1.15 bits per heavy atom. The van der Waals surface area contributed by atoms with Gasteiger partial charge >= 0.3 is 0 Å². The van der Waals surface area contributed by atoms with E-state index in [1.165, 1.54) is 31.5 Å². The number of rotatable bonds is 9. The van der Waals surface area contributed by atoms with Crippen LogP contribution >= 0.6 is 0 Å². The van der Waals surface area contributed by atoms with E-state index in [-0.39, 0.29) is 35.0 Å². The summed E-state index contributed by atoms with van der Waals surface area (Å²) in [4.78, 5) is 28.4. The number of nitriles is 1. The maximum Gasteiger partial charge on any atom is 0.185 e. The summed E-state index contributed by atoms with van der Waals surface area (Å²) in [5.41, 5.74) is 4.12. The quantitative estimate of drug-likeness (QED) is 0.290. The molecule has 3 heterocycles. The van der Waals surface area contributed by atoms with E-state index >= 15 is 0 Å². The summed E-state index contributed by atoms with van der Waals surface area (Å²) < 4.78 is 25.2. The van der Waals surface area contributed by atoms with Crippen molar-refractivity contribution in [3.63, 3.8) is 0 Å². The lowest BCUT2D eigenvalue weighted by Crippen LogP contribution is -2.49. The molecule has 9 heteroatoms. The van der Waals surface area contributed by atoms with E-state index in [9.17, 15) is 14.4 Å². The normalized spacial score (nSPS) is 13.0. The third kappa shape index (κ3) is 5.33. The minimum absolute atomic E-state index is 0.0807. The molecule has 0 saturated carbocycles. The number of nitrogens with zero attached hydrogens (tertiary/aromatic N) is 5. The van der Waals surface area contributed by atoms with Crippen molar-refractivity contribution in [2.75, 3.05) is 38.8 Å². The molecule has 0 radical (unpaired) electrons. The topological polar surface area (TPSA) is 101 Å². The van der Waals surface area contributed by atoms with Crippen LogP contribution in [-0.2, 0) is 11.2 Å². The molecular weight excluding hydrogens is 497 g/mol. The number of Topliss-reactive ketones (excluding diaryl/α,β-unsaturated/α-hetero) is 1. The average molecular weight is 524 g/mol. The van der Waals surface area contributed by atoms with E-state index in [0.29, 0.717) is 18.1 Å². The van der Waals surface area contributed by atoms with Gasteiger partial charge in [-0.05, 0) is 41.5 Å². The lowest BCUT2D eigenvalue weighted by molar-refractivity contribution is 0.0988. The number of pyridine rings is 1. The van der Waals surface area contributed by atoms with Crippen LogP contribution in [0.2, 0.25) is 0 Å². The third-order valence-corrected chi connectivity index (χ3v) is 6.75. The van der Waals surface area contributed by atoms with Crippen LogP contribution < -0.4 is 9.64 Å². The Hall–Kier alpha value is -4.68.